The van der Waals surface area contributed by atoms with Gasteiger partial charge in [-0.05, 0) is 39.2 Å². The number of rotatable bonds is 7. The maximum absolute atomic E-state index is 12.6. The third-order valence-electron chi connectivity index (χ3n) is 5.26. The van der Waals surface area contributed by atoms with Crippen molar-refractivity contribution in [3.05, 3.63) is 32.6 Å². The summed E-state index contributed by atoms with van der Waals surface area (Å²) in [7, 11) is 0. The minimum atomic E-state index is -0.393. The first-order valence-corrected chi connectivity index (χ1v) is 9.90. The van der Waals surface area contributed by atoms with Crippen LogP contribution in [0.4, 0.5) is 0 Å². The zero-order valence-electron chi connectivity index (χ0n) is 16.2. The predicted molar refractivity (Wildman–Crippen MR) is 104 cm³/mol. The second-order valence-electron chi connectivity index (χ2n) is 7.16. The molecule has 4 rings (SSSR count). The van der Waals surface area contributed by atoms with Gasteiger partial charge < -0.3 is 4.57 Å². The van der Waals surface area contributed by atoms with Crippen LogP contribution in [0.25, 0.3) is 22.7 Å². The van der Waals surface area contributed by atoms with Crippen molar-refractivity contribution in [1.82, 2.24) is 28.9 Å². The summed E-state index contributed by atoms with van der Waals surface area (Å²) >= 11 is 0. The highest BCUT2D eigenvalue weighted by Gasteiger charge is 2.29. The summed E-state index contributed by atoms with van der Waals surface area (Å²) in [4.78, 5) is 32.2. The van der Waals surface area contributed by atoms with Gasteiger partial charge in [0.1, 0.15) is 5.69 Å². The Hall–Kier alpha value is -2.64. The van der Waals surface area contributed by atoms with Crippen LogP contribution in [0.2, 0.25) is 0 Å². The van der Waals surface area contributed by atoms with Crippen molar-refractivity contribution in [2.24, 2.45) is 0 Å². The summed E-state index contributed by atoms with van der Waals surface area (Å²) in [6.07, 6.45) is 4.18. The highest BCUT2D eigenvalue weighted by atomic mass is 16.2. The second-order valence-corrected chi connectivity index (χ2v) is 7.16. The van der Waals surface area contributed by atoms with Gasteiger partial charge in [0.15, 0.2) is 17.0 Å². The molecule has 0 aliphatic heterocycles. The van der Waals surface area contributed by atoms with Crippen LogP contribution >= 0.6 is 0 Å². The molecule has 0 atom stereocenters. The third-order valence-corrected chi connectivity index (χ3v) is 5.26. The summed E-state index contributed by atoms with van der Waals surface area (Å²) in [6.45, 7) is 7.98. The third kappa shape index (κ3) is 2.93. The standard InChI is InChI=1S/C19H26N6O2/c1-4-7-10-24-17-15(18(26)21-19(24)27)23(5-2)16(20-17)14-11-13(12-8-9-12)22-25(14)6-3/h11-12H,4-10H2,1-3H3,(H,21,26,27). The van der Waals surface area contributed by atoms with E-state index in [1.807, 2.05) is 16.2 Å². The van der Waals surface area contributed by atoms with E-state index in [1.54, 1.807) is 4.57 Å². The molecule has 1 N–H and O–H groups in total. The minimum Gasteiger partial charge on any atom is -0.317 e. The number of aromatic nitrogens is 6. The number of hydrogen-bond donors (Lipinski definition) is 1. The molecule has 0 aromatic carbocycles. The van der Waals surface area contributed by atoms with E-state index in [0.717, 1.165) is 30.8 Å². The molecule has 8 nitrogen and oxygen atoms in total. The van der Waals surface area contributed by atoms with Crippen molar-refractivity contribution < 1.29 is 0 Å². The Bertz CT molecular complexity index is 1100. The lowest BCUT2D eigenvalue weighted by Gasteiger charge is -2.07. The summed E-state index contributed by atoms with van der Waals surface area (Å²) < 4.78 is 5.43. The number of aryl methyl sites for hydroxylation is 3. The monoisotopic (exact) mass is 370 g/mol. The lowest BCUT2D eigenvalue weighted by Crippen LogP contribution is -2.31. The molecule has 0 radical (unpaired) electrons. The van der Waals surface area contributed by atoms with Crippen molar-refractivity contribution >= 4 is 11.2 Å². The normalized spacial score (nSPS) is 14.3. The molecule has 3 heterocycles. The van der Waals surface area contributed by atoms with Crippen molar-refractivity contribution in [2.75, 3.05) is 0 Å². The highest BCUT2D eigenvalue weighted by Crippen LogP contribution is 2.40. The van der Waals surface area contributed by atoms with Gasteiger partial charge in [-0.1, -0.05) is 13.3 Å². The van der Waals surface area contributed by atoms with Crippen molar-refractivity contribution in [3.63, 3.8) is 0 Å². The molecule has 0 spiro atoms. The fourth-order valence-electron chi connectivity index (χ4n) is 3.64. The highest BCUT2D eigenvalue weighted by molar-refractivity contribution is 5.76. The SMILES string of the molecule is CCCCn1c(=O)[nH]c(=O)c2c1nc(-c1cc(C3CC3)nn1CC)n2CC. The Morgan fingerprint density at radius 2 is 1.93 bits per heavy atom. The van der Waals surface area contributed by atoms with Crippen LogP contribution in [0.5, 0.6) is 0 Å². The number of nitrogens with one attached hydrogen (secondary N) is 1. The fourth-order valence-corrected chi connectivity index (χ4v) is 3.64. The molecule has 144 valence electrons. The molecule has 0 bridgehead atoms. The molecule has 1 aliphatic rings. The van der Waals surface area contributed by atoms with E-state index < -0.39 is 5.69 Å². The maximum atomic E-state index is 12.6. The van der Waals surface area contributed by atoms with Gasteiger partial charge in [-0.2, -0.15) is 5.10 Å². The number of hydrogen-bond acceptors (Lipinski definition) is 4. The van der Waals surface area contributed by atoms with Crippen molar-refractivity contribution in [3.8, 4) is 11.5 Å². The lowest BCUT2D eigenvalue weighted by atomic mass is 10.2. The number of H-pyrrole nitrogens is 1. The molecule has 1 aliphatic carbocycles. The molecule has 27 heavy (non-hydrogen) atoms. The number of aromatic amines is 1. The van der Waals surface area contributed by atoms with Gasteiger partial charge in [-0.25, -0.2) is 9.78 Å². The Balaban J connectivity index is 1.98. The van der Waals surface area contributed by atoms with Gasteiger partial charge in [-0.15, -0.1) is 0 Å². The Kier molecular flexibility index (Phi) is 4.49. The largest absolute Gasteiger partial charge is 0.330 e. The lowest BCUT2D eigenvalue weighted by molar-refractivity contribution is 0.613. The quantitative estimate of drug-likeness (QED) is 0.692. The van der Waals surface area contributed by atoms with Crippen LogP contribution in [-0.4, -0.2) is 28.9 Å². The summed E-state index contributed by atoms with van der Waals surface area (Å²) in [5, 5.41) is 4.73. The number of fused-ring (bicyclic) bond motifs is 1. The predicted octanol–water partition coefficient (Wildman–Crippen LogP) is 2.47. The van der Waals surface area contributed by atoms with E-state index >= 15 is 0 Å². The van der Waals surface area contributed by atoms with E-state index in [2.05, 4.69) is 24.9 Å². The van der Waals surface area contributed by atoms with E-state index in [-0.39, 0.29) is 5.56 Å². The molecule has 8 heteroatoms. The first-order chi connectivity index (χ1) is 13.1. The van der Waals surface area contributed by atoms with Crippen molar-refractivity contribution in [1.29, 1.82) is 0 Å². The Morgan fingerprint density at radius 3 is 2.56 bits per heavy atom. The molecule has 3 aromatic rings. The van der Waals surface area contributed by atoms with Crippen LogP contribution < -0.4 is 11.2 Å². The van der Waals surface area contributed by atoms with Gasteiger partial charge in [0.05, 0.1) is 5.69 Å². The van der Waals surface area contributed by atoms with Crippen LogP contribution in [0.15, 0.2) is 15.7 Å². The minimum absolute atomic E-state index is 0.381. The van der Waals surface area contributed by atoms with E-state index in [4.69, 9.17) is 10.1 Å². The summed E-state index contributed by atoms with van der Waals surface area (Å²) in [6, 6.07) is 2.09. The smallest absolute Gasteiger partial charge is 0.317 e. The number of unbranched alkanes of at least 4 members (excludes halogenated alkanes) is 1. The Morgan fingerprint density at radius 1 is 1.15 bits per heavy atom. The fraction of sp³-hybridized carbons (Fsp3) is 0.579. The van der Waals surface area contributed by atoms with Crippen LogP contribution in [-0.2, 0) is 19.6 Å². The molecule has 0 saturated heterocycles. The van der Waals surface area contributed by atoms with Gasteiger partial charge in [0.2, 0.25) is 0 Å². The van der Waals surface area contributed by atoms with Gasteiger partial charge in [0.25, 0.3) is 5.56 Å². The van der Waals surface area contributed by atoms with Crippen LogP contribution in [0.3, 0.4) is 0 Å². The topological polar surface area (TPSA) is 90.5 Å². The number of imidazole rings is 1. The molecular formula is C19H26N6O2. The molecule has 3 aromatic heterocycles. The average molecular weight is 370 g/mol. The molecule has 1 saturated carbocycles. The van der Waals surface area contributed by atoms with E-state index in [1.165, 1.54) is 12.8 Å². The first kappa shape index (κ1) is 17.8. The van der Waals surface area contributed by atoms with Crippen LogP contribution in [0.1, 0.15) is 58.1 Å². The molecular weight excluding hydrogens is 344 g/mol. The summed E-state index contributed by atoms with van der Waals surface area (Å²) in [5.41, 5.74) is 2.15. The van der Waals surface area contributed by atoms with Crippen LogP contribution in [0, 0.1) is 0 Å². The Labute approximate surface area is 156 Å². The zero-order valence-corrected chi connectivity index (χ0v) is 16.2. The second kappa shape index (κ2) is 6.83. The van der Waals surface area contributed by atoms with Crippen molar-refractivity contribution in [2.45, 2.75) is 72.0 Å². The number of nitrogens with zero attached hydrogens (tertiary/aromatic N) is 5. The summed E-state index contributed by atoms with van der Waals surface area (Å²) in [5.74, 6) is 1.25. The van der Waals surface area contributed by atoms with Gasteiger partial charge in [0, 0.05) is 25.6 Å². The zero-order chi connectivity index (χ0) is 19.1. The average Bonchev–Trinajstić information content (AvgIpc) is 3.29. The van der Waals surface area contributed by atoms with Gasteiger partial charge in [-0.3, -0.25) is 19.0 Å². The maximum Gasteiger partial charge on any atom is 0.330 e. The molecule has 0 unspecified atom stereocenters. The first-order valence-electron chi connectivity index (χ1n) is 9.90. The van der Waals surface area contributed by atoms with E-state index in [9.17, 15) is 9.59 Å². The van der Waals surface area contributed by atoms with E-state index in [0.29, 0.717) is 36.0 Å². The van der Waals surface area contributed by atoms with Gasteiger partial charge >= 0.3 is 5.69 Å². The molecule has 0 amide bonds. The molecule has 1 fully saturated rings.